The summed E-state index contributed by atoms with van der Waals surface area (Å²) in [6.45, 7) is 1.92. The minimum absolute atomic E-state index is 0.0203. The Balaban J connectivity index is 2.15. The molecule has 2 N–H and O–H groups in total. The molecule has 1 amide bonds. The zero-order chi connectivity index (χ0) is 16.6. The van der Waals surface area contributed by atoms with Crippen LogP contribution in [-0.4, -0.2) is 16.8 Å². The highest BCUT2D eigenvalue weighted by Gasteiger charge is 2.40. The average Bonchev–Trinajstić information content (AvgIpc) is 2.83. The molecule has 1 heterocycles. The van der Waals surface area contributed by atoms with Crippen LogP contribution in [0.4, 0.5) is 0 Å². The first-order valence-corrected chi connectivity index (χ1v) is 7.46. The van der Waals surface area contributed by atoms with E-state index in [1.54, 1.807) is 36.4 Å². The van der Waals surface area contributed by atoms with Crippen molar-refractivity contribution in [3.05, 3.63) is 75.8 Å². The van der Waals surface area contributed by atoms with Gasteiger partial charge in [0.05, 0.1) is 11.6 Å². The van der Waals surface area contributed by atoms with Crippen LogP contribution >= 0.6 is 11.6 Å². The SMILES string of the molecule is Cc1ccc(C(O)=C2C(=O)C(=O)N[C@H]2c2ccccc2Cl)cc1. The first kappa shape index (κ1) is 15.3. The number of hydrogen-bond acceptors (Lipinski definition) is 3. The van der Waals surface area contributed by atoms with Gasteiger partial charge in [0.25, 0.3) is 11.7 Å². The summed E-state index contributed by atoms with van der Waals surface area (Å²) >= 11 is 6.17. The molecule has 2 aromatic carbocycles. The van der Waals surface area contributed by atoms with E-state index in [4.69, 9.17) is 11.6 Å². The Kier molecular flexibility index (Phi) is 3.92. The number of nitrogens with one attached hydrogen (secondary N) is 1. The van der Waals surface area contributed by atoms with Crippen molar-refractivity contribution in [2.75, 3.05) is 0 Å². The third-order valence-electron chi connectivity index (χ3n) is 3.81. The van der Waals surface area contributed by atoms with Gasteiger partial charge < -0.3 is 10.4 Å². The lowest BCUT2D eigenvalue weighted by molar-refractivity contribution is -0.133. The summed E-state index contributed by atoms with van der Waals surface area (Å²) < 4.78 is 0. The summed E-state index contributed by atoms with van der Waals surface area (Å²) in [5.74, 6) is -1.70. The highest BCUT2D eigenvalue weighted by molar-refractivity contribution is 6.47. The number of carbonyl (C=O) groups is 2. The monoisotopic (exact) mass is 327 g/mol. The number of rotatable bonds is 2. The molecule has 2 aromatic rings. The van der Waals surface area contributed by atoms with E-state index in [0.717, 1.165) is 5.56 Å². The Morgan fingerprint density at radius 1 is 1.09 bits per heavy atom. The number of benzene rings is 2. The molecule has 0 saturated carbocycles. The lowest BCUT2D eigenvalue weighted by Crippen LogP contribution is -2.21. The van der Waals surface area contributed by atoms with Crippen molar-refractivity contribution in [3.8, 4) is 0 Å². The van der Waals surface area contributed by atoms with Crippen molar-refractivity contribution in [2.45, 2.75) is 13.0 Å². The molecule has 116 valence electrons. The molecular formula is C18H14ClNO3. The van der Waals surface area contributed by atoms with E-state index in [0.29, 0.717) is 16.1 Å². The van der Waals surface area contributed by atoms with Gasteiger partial charge in [-0.1, -0.05) is 59.6 Å². The minimum atomic E-state index is -0.759. The fourth-order valence-electron chi connectivity index (χ4n) is 2.58. The Bertz CT molecular complexity index is 824. The highest BCUT2D eigenvalue weighted by Crippen LogP contribution is 2.35. The smallest absolute Gasteiger partial charge is 0.293 e. The van der Waals surface area contributed by atoms with Crippen LogP contribution in [0.2, 0.25) is 5.02 Å². The third-order valence-corrected chi connectivity index (χ3v) is 4.16. The predicted octanol–water partition coefficient (Wildman–Crippen LogP) is 3.36. The second-order valence-electron chi connectivity index (χ2n) is 5.39. The van der Waals surface area contributed by atoms with Crippen molar-refractivity contribution >= 4 is 29.1 Å². The quantitative estimate of drug-likeness (QED) is 0.505. The summed E-state index contributed by atoms with van der Waals surface area (Å²) in [6, 6.07) is 13.2. The van der Waals surface area contributed by atoms with Crippen molar-refractivity contribution in [2.24, 2.45) is 0 Å². The highest BCUT2D eigenvalue weighted by atomic mass is 35.5. The molecule has 1 aliphatic rings. The standard InChI is InChI=1S/C18H14ClNO3/c1-10-6-8-11(9-7-10)16(21)14-15(20-18(23)17(14)22)12-4-2-3-5-13(12)19/h2-9,15,21H,1H3,(H,20,23)/t15-/m0/s1. The summed E-state index contributed by atoms with van der Waals surface area (Å²) in [5, 5.41) is 13.5. The number of ketones is 1. The lowest BCUT2D eigenvalue weighted by Gasteiger charge is -2.15. The molecule has 0 radical (unpaired) electrons. The van der Waals surface area contributed by atoms with Gasteiger partial charge in [-0.05, 0) is 18.6 Å². The lowest BCUT2D eigenvalue weighted by atomic mass is 9.95. The summed E-state index contributed by atoms with van der Waals surface area (Å²) in [7, 11) is 0. The van der Waals surface area contributed by atoms with E-state index in [-0.39, 0.29) is 11.3 Å². The Labute approximate surface area is 138 Å². The Morgan fingerprint density at radius 3 is 2.39 bits per heavy atom. The number of Topliss-reactive ketones (excluding diaryl/α,β-unsaturated/α-hetero) is 1. The summed E-state index contributed by atoms with van der Waals surface area (Å²) in [6.07, 6.45) is 0. The van der Waals surface area contributed by atoms with E-state index in [9.17, 15) is 14.7 Å². The minimum Gasteiger partial charge on any atom is -0.507 e. The Morgan fingerprint density at radius 2 is 1.74 bits per heavy atom. The third kappa shape index (κ3) is 2.73. The van der Waals surface area contributed by atoms with Crippen LogP contribution in [0.5, 0.6) is 0 Å². The molecule has 0 unspecified atom stereocenters. The molecule has 5 heteroatoms. The maximum absolute atomic E-state index is 12.2. The van der Waals surface area contributed by atoms with Crippen LogP contribution in [0.15, 0.2) is 54.1 Å². The molecule has 0 bridgehead atoms. The molecule has 1 saturated heterocycles. The zero-order valence-electron chi connectivity index (χ0n) is 12.3. The van der Waals surface area contributed by atoms with Gasteiger partial charge in [0.15, 0.2) is 0 Å². The van der Waals surface area contributed by atoms with Crippen LogP contribution in [0, 0.1) is 6.92 Å². The topological polar surface area (TPSA) is 66.4 Å². The van der Waals surface area contributed by atoms with Gasteiger partial charge in [-0.3, -0.25) is 9.59 Å². The fraction of sp³-hybridized carbons (Fsp3) is 0.111. The first-order valence-electron chi connectivity index (χ1n) is 7.09. The van der Waals surface area contributed by atoms with Crippen LogP contribution in [0.3, 0.4) is 0 Å². The maximum Gasteiger partial charge on any atom is 0.293 e. The molecule has 3 rings (SSSR count). The van der Waals surface area contributed by atoms with Crippen LogP contribution < -0.4 is 5.32 Å². The molecule has 23 heavy (non-hydrogen) atoms. The number of halogens is 1. The van der Waals surface area contributed by atoms with Crippen molar-refractivity contribution in [1.29, 1.82) is 0 Å². The average molecular weight is 328 g/mol. The maximum atomic E-state index is 12.2. The molecule has 4 nitrogen and oxygen atoms in total. The number of hydrogen-bond donors (Lipinski definition) is 2. The number of aliphatic hydroxyl groups is 1. The number of aliphatic hydroxyl groups excluding tert-OH is 1. The summed E-state index contributed by atoms with van der Waals surface area (Å²) in [4.78, 5) is 24.0. The van der Waals surface area contributed by atoms with Crippen molar-refractivity contribution < 1.29 is 14.7 Å². The number of aryl methyl sites for hydroxylation is 1. The first-order chi connectivity index (χ1) is 11.0. The van der Waals surface area contributed by atoms with Crippen molar-refractivity contribution in [1.82, 2.24) is 5.32 Å². The van der Waals surface area contributed by atoms with Crippen LogP contribution in [0.25, 0.3) is 5.76 Å². The van der Waals surface area contributed by atoms with E-state index >= 15 is 0 Å². The van der Waals surface area contributed by atoms with Gasteiger partial charge in [-0.2, -0.15) is 0 Å². The number of amides is 1. The van der Waals surface area contributed by atoms with E-state index in [2.05, 4.69) is 5.32 Å². The fourth-order valence-corrected chi connectivity index (χ4v) is 2.82. The van der Waals surface area contributed by atoms with Crippen molar-refractivity contribution in [3.63, 3.8) is 0 Å². The van der Waals surface area contributed by atoms with Crippen LogP contribution in [0.1, 0.15) is 22.7 Å². The Hall–Kier alpha value is -2.59. The molecular weight excluding hydrogens is 314 g/mol. The molecule has 1 atom stereocenters. The van der Waals surface area contributed by atoms with E-state index in [1.165, 1.54) is 0 Å². The normalized spacial score (nSPS) is 19.7. The molecule has 1 fully saturated rings. The molecule has 0 aliphatic carbocycles. The van der Waals surface area contributed by atoms with E-state index in [1.807, 2.05) is 19.1 Å². The predicted molar refractivity (Wildman–Crippen MR) is 88.1 cm³/mol. The van der Waals surface area contributed by atoms with Gasteiger partial charge >= 0.3 is 0 Å². The van der Waals surface area contributed by atoms with Gasteiger partial charge in [0, 0.05) is 10.6 Å². The second kappa shape index (κ2) is 5.89. The van der Waals surface area contributed by atoms with Gasteiger partial charge in [0.2, 0.25) is 0 Å². The molecule has 0 spiro atoms. The summed E-state index contributed by atoms with van der Waals surface area (Å²) in [5.41, 5.74) is 2.10. The largest absolute Gasteiger partial charge is 0.507 e. The number of carbonyl (C=O) groups excluding carboxylic acids is 2. The van der Waals surface area contributed by atoms with Gasteiger partial charge in [-0.25, -0.2) is 0 Å². The second-order valence-corrected chi connectivity index (χ2v) is 5.79. The van der Waals surface area contributed by atoms with Gasteiger partial charge in [0.1, 0.15) is 5.76 Å². The van der Waals surface area contributed by atoms with Gasteiger partial charge in [-0.15, -0.1) is 0 Å². The van der Waals surface area contributed by atoms with E-state index < -0.39 is 17.7 Å². The van der Waals surface area contributed by atoms with Crippen LogP contribution in [-0.2, 0) is 9.59 Å². The molecule has 1 aliphatic heterocycles. The molecule has 0 aromatic heterocycles. The zero-order valence-corrected chi connectivity index (χ0v) is 13.1.